The monoisotopic (exact) mass is 509 g/mol. The number of likely N-dealkylation sites (N-methyl/N-ethyl adjacent to an activating group) is 1. The van der Waals surface area contributed by atoms with Gasteiger partial charge in [-0.15, -0.1) is 0 Å². The van der Waals surface area contributed by atoms with Crippen molar-refractivity contribution in [1.82, 2.24) is 15.2 Å². The van der Waals surface area contributed by atoms with Gasteiger partial charge in [-0.3, -0.25) is 9.59 Å². The smallest absolute Gasteiger partial charge is 0.283 e. The molecule has 0 saturated carbocycles. The van der Waals surface area contributed by atoms with Gasteiger partial charge in [-0.25, -0.2) is 5.01 Å². The Balaban J connectivity index is 1.69. The Morgan fingerprint density at radius 3 is 2.62 bits per heavy atom. The third kappa shape index (κ3) is 8.04. The molecule has 0 atom stereocenters. The van der Waals surface area contributed by atoms with Crippen molar-refractivity contribution in [2.45, 2.75) is 19.8 Å². The summed E-state index contributed by atoms with van der Waals surface area (Å²) in [5, 5.41) is 12.8. The number of benzene rings is 2. The normalized spacial score (nSPS) is 13.7. The highest BCUT2D eigenvalue weighted by Gasteiger charge is 2.21. The number of nitrogens with one attached hydrogen (secondary N) is 1. The van der Waals surface area contributed by atoms with E-state index in [9.17, 15) is 9.59 Å². The summed E-state index contributed by atoms with van der Waals surface area (Å²) in [6, 6.07) is 14.6. The number of rotatable bonds is 12. The lowest BCUT2D eigenvalue weighted by Gasteiger charge is -2.23. The zero-order valence-electron chi connectivity index (χ0n) is 21.9. The second-order valence-electron chi connectivity index (χ2n) is 8.60. The highest BCUT2D eigenvalue weighted by Crippen LogP contribution is 2.29. The van der Waals surface area contributed by atoms with Gasteiger partial charge in [0.2, 0.25) is 0 Å². The number of oxime groups is 1. The summed E-state index contributed by atoms with van der Waals surface area (Å²) in [5.74, 6) is 0.549. The Morgan fingerprint density at radius 2 is 1.92 bits per heavy atom. The first-order valence-electron chi connectivity index (χ1n) is 12.3. The van der Waals surface area contributed by atoms with Gasteiger partial charge in [0.15, 0.2) is 23.8 Å². The number of hydrogen-bond acceptors (Lipinski definition) is 8. The predicted molar refractivity (Wildman–Crippen MR) is 142 cm³/mol. The summed E-state index contributed by atoms with van der Waals surface area (Å²) in [6.07, 6.45) is 1.49. The molecule has 0 spiro atoms. The van der Waals surface area contributed by atoms with E-state index < -0.39 is 0 Å². The maximum Gasteiger partial charge on any atom is 0.283 e. The molecule has 0 fully saturated rings. The molecule has 1 N–H and O–H groups in total. The molecule has 2 aromatic rings. The minimum Gasteiger partial charge on any atom is -0.493 e. The van der Waals surface area contributed by atoms with E-state index in [4.69, 9.17) is 14.3 Å². The highest BCUT2D eigenvalue weighted by atomic mass is 16.6. The number of ether oxygens (including phenoxy) is 2. The first-order chi connectivity index (χ1) is 17.9. The molecule has 198 valence electrons. The predicted octanol–water partition coefficient (Wildman–Crippen LogP) is 2.52. The molecule has 1 aliphatic rings. The Kier molecular flexibility index (Phi) is 10.5. The molecule has 37 heavy (non-hydrogen) atoms. The van der Waals surface area contributed by atoms with Crippen LogP contribution in [0.25, 0.3) is 0 Å². The molecule has 10 heteroatoms. The van der Waals surface area contributed by atoms with E-state index in [-0.39, 0.29) is 24.1 Å². The zero-order valence-corrected chi connectivity index (χ0v) is 21.9. The second kappa shape index (κ2) is 14.0. The van der Waals surface area contributed by atoms with Crippen LogP contribution in [-0.2, 0) is 14.4 Å². The fraction of sp³-hybridized carbons (Fsp3) is 0.407. The van der Waals surface area contributed by atoms with Crippen LogP contribution in [0.1, 0.15) is 30.9 Å². The van der Waals surface area contributed by atoms with Crippen molar-refractivity contribution in [1.29, 1.82) is 0 Å². The van der Waals surface area contributed by atoms with Crippen LogP contribution in [0.15, 0.2) is 58.8 Å². The quantitative estimate of drug-likeness (QED) is 0.348. The van der Waals surface area contributed by atoms with E-state index in [2.05, 4.69) is 15.6 Å². The molecule has 1 heterocycles. The number of nitrogens with zero attached hydrogens (tertiary/aromatic N) is 4. The molecule has 0 unspecified atom stereocenters. The van der Waals surface area contributed by atoms with Crippen LogP contribution in [0.2, 0.25) is 0 Å². The fourth-order valence-electron chi connectivity index (χ4n) is 3.67. The number of carbonyl (C=O) groups excluding carboxylic acids is 2. The maximum absolute atomic E-state index is 12.9. The Hall–Kier alpha value is -3.92. The van der Waals surface area contributed by atoms with Crippen molar-refractivity contribution in [3.63, 3.8) is 0 Å². The summed E-state index contributed by atoms with van der Waals surface area (Å²) < 4.78 is 11.0. The summed E-state index contributed by atoms with van der Waals surface area (Å²) in [6.45, 7) is 3.68. The lowest BCUT2D eigenvalue weighted by Crippen LogP contribution is -2.37. The van der Waals surface area contributed by atoms with Gasteiger partial charge in [0.1, 0.15) is 0 Å². The third-order valence-electron chi connectivity index (χ3n) is 5.56. The average Bonchev–Trinajstić information content (AvgIpc) is 2.91. The maximum atomic E-state index is 12.9. The molecule has 3 rings (SSSR count). The Morgan fingerprint density at radius 1 is 1.14 bits per heavy atom. The molecule has 0 saturated heterocycles. The largest absolute Gasteiger partial charge is 0.493 e. The highest BCUT2D eigenvalue weighted by molar-refractivity contribution is 6.45. The number of methoxy groups -OCH3 is 1. The topological polar surface area (TPSA) is 105 Å². The molecule has 0 radical (unpaired) electrons. The Bertz CT molecular complexity index is 1120. The Labute approximate surface area is 217 Å². The molecule has 0 bridgehead atoms. The van der Waals surface area contributed by atoms with Crippen LogP contribution >= 0.6 is 0 Å². The summed E-state index contributed by atoms with van der Waals surface area (Å²) in [5.41, 5.74) is 2.34. The van der Waals surface area contributed by atoms with Gasteiger partial charge in [-0.05, 0) is 52.1 Å². The standard InChI is InChI=1S/C27H35N5O5/c1-5-36-24-18-21(13-14-23(24)35-4)22-12-9-16-32(29-22)25(33)19-37-30-26(20-10-7-6-8-11-20)27(34)28-15-17-31(2)3/h6-8,10-11,13-14,18H,5,9,12,15-17,19H2,1-4H3,(H,28,34)/b30-26-. The van der Waals surface area contributed by atoms with Gasteiger partial charge < -0.3 is 24.5 Å². The SMILES string of the molecule is CCOc1cc(C2=NN(C(=O)CO/N=C(\C(=O)NCCN(C)C)c3ccccc3)CCC2)ccc1OC. The third-order valence-corrected chi connectivity index (χ3v) is 5.56. The molecular formula is C27H35N5O5. The van der Waals surface area contributed by atoms with Crippen molar-refractivity contribution in [3.8, 4) is 11.5 Å². The van der Waals surface area contributed by atoms with Gasteiger partial charge in [-0.1, -0.05) is 35.5 Å². The van der Waals surface area contributed by atoms with Gasteiger partial charge in [0, 0.05) is 30.8 Å². The number of carbonyl (C=O) groups is 2. The van der Waals surface area contributed by atoms with Crippen molar-refractivity contribution in [2.24, 2.45) is 10.3 Å². The number of hydrogen-bond donors (Lipinski definition) is 1. The minimum atomic E-state index is -0.372. The van der Waals surface area contributed by atoms with Crippen molar-refractivity contribution in [2.75, 3.05) is 54.1 Å². The van der Waals surface area contributed by atoms with Crippen LogP contribution in [0.5, 0.6) is 11.5 Å². The van der Waals surface area contributed by atoms with Crippen LogP contribution in [-0.4, -0.2) is 87.2 Å². The average molecular weight is 510 g/mol. The van der Waals surface area contributed by atoms with Crippen LogP contribution in [0.3, 0.4) is 0 Å². The van der Waals surface area contributed by atoms with Gasteiger partial charge in [0.05, 0.1) is 19.4 Å². The second-order valence-corrected chi connectivity index (χ2v) is 8.60. The molecule has 0 aliphatic carbocycles. The lowest BCUT2D eigenvalue weighted by molar-refractivity contribution is -0.136. The fourth-order valence-corrected chi connectivity index (χ4v) is 3.67. The van der Waals surface area contributed by atoms with Gasteiger partial charge in [0.25, 0.3) is 11.8 Å². The molecule has 2 amide bonds. The lowest BCUT2D eigenvalue weighted by atomic mass is 10.0. The van der Waals surface area contributed by atoms with Gasteiger partial charge in [-0.2, -0.15) is 5.10 Å². The molecule has 0 aromatic heterocycles. The summed E-state index contributed by atoms with van der Waals surface area (Å²) in [4.78, 5) is 32.9. The van der Waals surface area contributed by atoms with E-state index >= 15 is 0 Å². The minimum absolute atomic E-state index is 0.108. The van der Waals surface area contributed by atoms with E-state index in [1.807, 2.05) is 62.3 Å². The van der Waals surface area contributed by atoms with E-state index in [1.54, 1.807) is 19.2 Å². The zero-order chi connectivity index (χ0) is 26.6. The first-order valence-corrected chi connectivity index (χ1v) is 12.3. The molecular weight excluding hydrogens is 474 g/mol. The van der Waals surface area contributed by atoms with Crippen molar-refractivity contribution < 1.29 is 23.9 Å². The summed E-state index contributed by atoms with van der Waals surface area (Å²) >= 11 is 0. The summed E-state index contributed by atoms with van der Waals surface area (Å²) in [7, 11) is 5.44. The van der Waals surface area contributed by atoms with Crippen molar-refractivity contribution >= 4 is 23.2 Å². The van der Waals surface area contributed by atoms with Gasteiger partial charge >= 0.3 is 0 Å². The molecule has 1 aliphatic heterocycles. The van der Waals surface area contributed by atoms with E-state index in [0.717, 1.165) is 24.1 Å². The van der Waals surface area contributed by atoms with Crippen molar-refractivity contribution in [3.05, 3.63) is 59.7 Å². The molecule has 10 nitrogen and oxygen atoms in total. The number of hydrazone groups is 1. The van der Waals surface area contributed by atoms with Crippen LogP contribution < -0.4 is 14.8 Å². The molecule has 2 aromatic carbocycles. The van der Waals surface area contributed by atoms with Crippen LogP contribution in [0, 0.1) is 0 Å². The van der Waals surface area contributed by atoms with E-state index in [0.29, 0.717) is 43.3 Å². The van der Waals surface area contributed by atoms with Crippen LogP contribution in [0.4, 0.5) is 0 Å². The van der Waals surface area contributed by atoms with E-state index in [1.165, 1.54) is 5.01 Å². The first kappa shape index (κ1) is 27.7. The number of amides is 2.